The highest BCUT2D eigenvalue weighted by atomic mass is 35.5. The molecule has 0 fully saturated rings. The van der Waals surface area contributed by atoms with Gasteiger partial charge in [-0.1, -0.05) is 83.3 Å². The van der Waals surface area contributed by atoms with Crippen LogP contribution in [0.15, 0.2) is 72.8 Å². The van der Waals surface area contributed by atoms with Gasteiger partial charge in [0.25, 0.3) is 0 Å². The van der Waals surface area contributed by atoms with E-state index in [1.54, 1.807) is 29.2 Å². The molecule has 8 heteroatoms. The third-order valence-corrected chi connectivity index (χ3v) is 7.34. The zero-order valence-corrected chi connectivity index (χ0v) is 24.2. The third-order valence-electron chi connectivity index (χ3n) is 5.53. The van der Waals surface area contributed by atoms with Crippen molar-refractivity contribution in [2.75, 3.05) is 5.75 Å². The summed E-state index contributed by atoms with van der Waals surface area (Å²) < 4.78 is 0. The molecule has 4 nitrogen and oxygen atoms in total. The number of amides is 2. The fourth-order valence-corrected chi connectivity index (χ4v) is 5.36. The van der Waals surface area contributed by atoms with E-state index < -0.39 is 11.6 Å². The molecule has 3 rings (SSSR count). The zero-order chi connectivity index (χ0) is 27.0. The van der Waals surface area contributed by atoms with Crippen LogP contribution in [0.1, 0.15) is 37.5 Å². The van der Waals surface area contributed by atoms with Crippen LogP contribution in [0.5, 0.6) is 0 Å². The van der Waals surface area contributed by atoms with E-state index in [4.69, 9.17) is 34.8 Å². The Balaban J connectivity index is 1.87. The first-order valence-corrected chi connectivity index (χ1v) is 14.2. The Bertz CT molecular complexity index is 1200. The Morgan fingerprint density at radius 2 is 1.54 bits per heavy atom. The quantitative estimate of drug-likeness (QED) is 0.272. The summed E-state index contributed by atoms with van der Waals surface area (Å²) in [5, 5.41) is 4.82. The summed E-state index contributed by atoms with van der Waals surface area (Å²) in [7, 11) is 0. The summed E-state index contributed by atoms with van der Waals surface area (Å²) in [4.78, 5) is 28.9. The maximum absolute atomic E-state index is 13.7. The lowest BCUT2D eigenvalue weighted by Gasteiger charge is -2.34. The van der Waals surface area contributed by atoms with Crippen LogP contribution in [0.3, 0.4) is 0 Å². The molecule has 0 aliphatic rings. The molecule has 3 aromatic rings. The first-order chi connectivity index (χ1) is 17.5. The number of hydrogen-bond donors (Lipinski definition) is 1. The van der Waals surface area contributed by atoms with E-state index >= 15 is 0 Å². The van der Waals surface area contributed by atoms with Crippen molar-refractivity contribution in [2.45, 2.75) is 51.1 Å². The maximum atomic E-state index is 13.7. The van der Waals surface area contributed by atoms with Gasteiger partial charge in [-0.3, -0.25) is 9.59 Å². The Hall–Kier alpha value is -2.18. The number of benzene rings is 3. The second kappa shape index (κ2) is 13.6. The fourth-order valence-electron chi connectivity index (χ4n) is 3.76. The summed E-state index contributed by atoms with van der Waals surface area (Å²) in [6, 6.07) is 21.7. The molecule has 3 aromatic carbocycles. The van der Waals surface area contributed by atoms with Crippen LogP contribution >= 0.6 is 46.6 Å². The molecule has 0 saturated carbocycles. The molecule has 0 saturated heterocycles. The van der Waals surface area contributed by atoms with Gasteiger partial charge in [-0.15, -0.1) is 11.8 Å². The minimum atomic E-state index is -0.690. The van der Waals surface area contributed by atoms with Crippen molar-refractivity contribution in [1.29, 1.82) is 0 Å². The molecule has 0 bridgehead atoms. The predicted octanol–water partition coefficient (Wildman–Crippen LogP) is 7.43. The number of hydrogen-bond acceptors (Lipinski definition) is 3. The van der Waals surface area contributed by atoms with Gasteiger partial charge in [0.15, 0.2) is 0 Å². The number of nitrogens with zero attached hydrogens (tertiary/aromatic N) is 1. The summed E-state index contributed by atoms with van der Waals surface area (Å²) >= 11 is 19.9. The van der Waals surface area contributed by atoms with Gasteiger partial charge in [0.05, 0.1) is 5.75 Å². The lowest BCUT2D eigenvalue weighted by atomic mass is 10.0. The van der Waals surface area contributed by atoms with E-state index in [1.165, 1.54) is 11.8 Å². The molecular weight excluding hydrogens is 547 g/mol. The monoisotopic (exact) mass is 576 g/mol. The number of nitrogens with one attached hydrogen (secondary N) is 1. The van der Waals surface area contributed by atoms with Crippen molar-refractivity contribution in [3.8, 4) is 0 Å². The van der Waals surface area contributed by atoms with Gasteiger partial charge >= 0.3 is 0 Å². The van der Waals surface area contributed by atoms with Crippen molar-refractivity contribution < 1.29 is 9.59 Å². The second-order valence-electron chi connectivity index (χ2n) is 9.82. The molecular formula is C29H31Cl3N2O2S. The Labute approximate surface area is 238 Å². The summed E-state index contributed by atoms with van der Waals surface area (Å²) in [5.74, 6) is 0.425. The van der Waals surface area contributed by atoms with E-state index in [1.807, 2.05) is 69.3 Å². The SMILES string of the molecule is CC(C)(C)NC(=O)[C@H](Cc1ccccc1)N(Cc1ccc(Cl)cc1)C(=O)CSCc1ccc(Cl)cc1Cl. The van der Waals surface area contributed by atoms with Crippen molar-refractivity contribution in [3.63, 3.8) is 0 Å². The van der Waals surface area contributed by atoms with Crippen LogP contribution in [0, 0.1) is 0 Å². The lowest BCUT2D eigenvalue weighted by molar-refractivity contribution is -0.140. The number of carbonyl (C=O) groups excluding carboxylic acids is 2. The van der Waals surface area contributed by atoms with Gasteiger partial charge in [0.1, 0.15) is 6.04 Å². The van der Waals surface area contributed by atoms with Crippen molar-refractivity contribution >= 4 is 58.4 Å². The largest absolute Gasteiger partial charge is 0.350 e. The number of rotatable bonds is 10. The summed E-state index contributed by atoms with van der Waals surface area (Å²) in [5.41, 5.74) is 2.33. The van der Waals surface area contributed by atoms with Crippen LogP contribution in [-0.2, 0) is 28.3 Å². The summed E-state index contributed by atoms with van der Waals surface area (Å²) in [6.45, 7) is 6.08. The molecule has 0 aliphatic carbocycles. The van der Waals surface area contributed by atoms with Gasteiger partial charge in [0.2, 0.25) is 11.8 Å². The summed E-state index contributed by atoms with van der Waals surface area (Å²) in [6.07, 6.45) is 0.399. The van der Waals surface area contributed by atoms with Gasteiger partial charge in [-0.25, -0.2) is 0 Å². The van der Waals surface area contributed by atoms with Crippen molar-refractivity contribution in [1.82, 2.24) is 10.2 Å². The second-order valence-corrected chi connectivity index (χ2v) is 12.1. The molecule has 37 heavy (non-hydrogen) atoms. The van der Waals surface area contributed by atoms with Crippen LogP contribution in [0.2, 0.25) is 15.1 Å². The Kier molecular flexibility index (Phi) is 10.8. The van der Waals surface area contributed by atoms with Crippen LogP contribution in [0.25, 0.3) is 0 Å². The molecule has 196 valence electrons. The van der Waals surface area contributed by atoms with Crippen LogP contribution in [0.4, 0.5) is 0 Å². The van der Waals surface area contributed by atoms with Crippen LogP contribution in [-0.4, -0.2) is 34.0 Å². The number of thioether (sulfide) groups is 1. The molecule has 0 radical (unpaired) electrons. The lowest BCUT2D eigenvalue weighted by Crippen LogP contribution is -2.54. The van der Waals surface area contributed by atoms with Crippen molar-refractivity contribution in [2.24, 2.45) is 0 Å². The topological polar surface area (TPSA) is 49.4 Å². The minimum absolute atomic E-state index is 0.130. The maximum Gasteiger partial charge on any atom is 0.243 e. The third kappa shape index (κ3) is 9.57. The Morgan fingerprint density at radius 3 is 2.16 bits per heavy atom. The zero-order valence-electron chi connectivity index (χ0n) is 21.1. The van der Waals surface area contributed by atoms with Gasteiger partial charge in [0, 0.05) is 39.3 Å². The standard InChI is InChI=1S/C29H31Cl3N2O2S/c1-29(2,3)33-28(36)26(15-20-7-5-4-6-8-20)34(17-21-9-12-23(30)13-10-21)27(35)19-37-18-22-11-14-24(31)16-25(22)32/h4-14,16,26H,15,17-19H2,1-3H3,(H,33,36)/t26-/m0/s1. The average molecular weight is 578 g/mol. The van der Waals surface area contributed by atoms with Gasteiger partial charge in [-0.2, -0.15) is 0 Å². The molecule has 0 unspecified atom stereocenters. The Morgan fingerprint density at radius 1 is 0.892 bits per heavy atom. The molecule has 0 spiro atoms. The minimum Gasteiger partial charge on any atom is -0.350 e. The highest BCUT2D eigenvalue weighted by Crippen LogP contribution is 2.25. The number of halogens is 3. The van der Waals surface area contributed by atoms with E-state index in [9.17, 15) is 9.59 Å². The van der Waals surface area contributed by atoms with E-state index in [0.29, 0.717) is 27.2 Å². The van der Waals surface area contributed by atoms with Crippen LogP contribution < -0.4 is 5.32 Å². The van der Waals surface area contributed by atoms with Gasteiger partial charge in [-0.05, 0) is 61.7 Å². The number of carbonyl (C=O) groups is 2. The average Bonchev–Trinajstić information content (AvgIpc) is 2.83. The van der Waals surface area contributed by atoms with E-state index in [0.717, 1.165) is 16.7 Å². The molecule has 1 atom stereocenters. The van der Waals surface area contributed by atoms with E-state index in [2.05, 4.69) is 5.32 Å². The fraction of sp³-hybridized carbons (Fsp3) is 0.310. The molecule has 0 aliphatic heterocycles. The van der Waals surface area contributed by atoms with Crippen molar-refractivity contribution in [3.05, 3.63) is 105 Å². The molecule has 0 heterocycles. The van der Waals surface area contributed by atoms with Gasteiger partial charge < -0.3 is 10.2 Å². The predicted molar refractivity (Wildman–Crippen MR) is 156 cm³/mol. The first-order valence-electron chi connectivity index (χ1n) is 11.9. The normalized spacial score (nSPS) is 12.2. The molecule has 0 aromatic heterocycles. The smallest absolute Gasteiger partial charge is 0.243 e. The molecule has 1 N–H and O–H groups in total. The highest BCUT2D eigenvalue weighted by molar-refractivity contribution is 7.99. The first kappa shape index (κ1) is 29.4. The highest BCUT2D eigenvalue weighted by Gasteiger charge is 2.32. The molecule has 2 amide bonds. The van der Waals surface area contributed by atoms with E-state index in [-0.39, 0.29) is 24.1 Å².